The standard InChI is InChI=1S/C6H6ClNO4S/c7-13(11,12)6-3-1-5(2-4-6)8(9)10/h1-4,11-12H. The highest BCUT2D eigenvalue weighted by Gasteiger charge is 2.13. The summed E-state index contributed by atoms with van der Waals surface area (Å²) >= 11 is 0. The number of halogens is 1. The Morgan fingerprint density at radius 2 is 1.77 bits per heavy atom. The molecule has 0 atom stereocenters. The molecule has 0 aliphatic carbocycles. The Labute approximate surface area is 80.0 Å². The zero-order valence-corrected chi connectivity index (χ0v) is 7.83. The third kappa shape index (κ3) is 2.56. The van der Waals surface area contributed by atoms with Crippen LogP contribution in [-0.4, -0.2) is 14.0 Å². The lowest BCUT2D eigenvalue weighted by molar-refractivity contribution is -0.384. The van der Waals surface area contributed by atoms with Gasteiger partial charge < -0.3 is 0 Å². The van der Waals surface area contributed by atoms with E-state index in [1.165, 1.54) is 12.1 Å². The maximum Gasteiger partial charge on any atom is 0.269 e. The highest BCUT2D eigenvalue weighted by molar-refractivity contribution is 8.43. The van der Waals surface area contributed by atoms with Gasteiger partial charge in [-0.1, -0.05) is 9.80 Å². The van der Waals surface area contributed by atoms with Crippen LogP contribution in [0.5, 0.6) is 0 Å². The SMILES string of the molecule is O=[N+]([O-])c1ccc(S(O)(O)Cl)cc1. The summed E-state index contributed by atoms with van der Waals surface area (Å²) in [6.45, 7) is 0. The minimum Gasteiger partial charge on any atom is -0.281 e. The number of rotatable bonds is 2. The minimum atomic E-state index is -3.30. The molecule has 0 bridgehead atoms. The van der Waals surface area contributed by atoms with E-state index >= 15 is 0 Å². The molecule has 7 heteroatoms. The first-order chi connectivity index (χ1) is 5.91. The summed E-state index contributed by atoms with van der Waals surface area (Å²) in [5, 5.41) is 10.2. The summed E-state index contributed by atoms with van der Waals surface area (Å²) < 4.78 is 17.9. The van der Waals surface area contributed by atoms with E-state index in [1.807, 2.05) is 0 Å². The molecule has 0 aliphatic heterocycles. The fourth-order valence-corrected chi connectivity index (χ4v) is 1.53. The summed E-state index contributed by atoms with van der Waals surface area (Å²) in [7, 11) is 1.92. The van der Waals surface area contributed by atoms with Crippen LogP contribution in [0.2, 0.25) is 0 Å². The second kappa shape index (κ2) is 3.51. The van der Waals surface area contributed by atoms with Crippen LogP contribution in [0.3, 0.4) is 0 Å². The van der Waals surface area contributed by atoms with Gasteiger partial charge in [-0.3, -0.25) is 19.2 Å². The van der Waals surface area contributed by atoms with Crippen LogP contribution >= 0.6 is 20.5 Å². The van der Waals surface area contributed by atoms with Gasteiger partial charge in [-0.15, -0.1) is 0 Å². The van der Waals surface area contributed by atoms with Crippen molar-refractivity contribution in [3.8, 4) is 0 Å². The molecule has 72 valence electrons. The van der Waals surface area contributed by atoms with Gasteiger partial charge in [0.05, 0.1) is 9.82 Å². The Balaban J connectivity index is 3.01. The van der Waals surface area contributed by atoms with E-state index in [0.29, 0.717) is 0 Å². The van der Waals surface area contributed by atoms with Gasteiger partial charge in [0.2, 0.25) is 0 Å². The molecule has 1 aromatic carbocycles. The number of nitro benzene ring substituents is 1. The molecule has 0 saturated carbocycles. The Morgan fingerprint density at radius 3 is 2.08 bits per heavy atom. The molecule has 0 heterocycles. The van der Waals surface area contributed by atoms with E-state index in [4.69, 9.17) is 19.8 Å². The topological polar surface area (TPSA) is 83.6 Å². The van der Waals surface area contributed by atoms with E-state index in [2.05, 4.69) is 0 Å². The smallest absolute Gasteiger partial charge is 0.269 e. The lowest BCUT2D eigenvalue weighted by Crippen LogP contribution is -1.91. The van der Waals surface area contributed by atoms with Crippen molar-refractivity contribution >= 4 is 26.2 Å². The van der Waals surface area contributed by atoms with Crippen LogP contribution in [-0.2, 0) is 0 Å². The monoisotopic (exact) mass is 223 g/mol. The number of hydrogen-bond acceptors (Lipinski definition) is 4. The Hall–Kier alpha value is -0.820. The number of benzene rings is 1. The van der Waals surface area contributed by atoms with Gasteiger partial charge in [-0.25, -0.2) is 0 Å². The van der Waals surface area contributed by atoms with Gasteiger partial charge in [-0.2, -0.15) is 0 Å². The van der Waals surface area contributed by atoms with Crippen molar-refractivity contribution in [2.24, 2.45) is 0 Å². The van der Waals surface area contributed by atoms with Crippen LogP contribution in [0.15, 0.2) is 29.2 Å². The van der Waals surface area contributed by atoms with Gasteiger partial charge in [0.15, 0.2) is 0 Å². The molecule has 0 aliphatic rings. The Bertz CT molecular complexity index is 320. The average molecular weight is 224 g/mol. The molecule has 0 saturated heterocycles. The summed E-state index contributed by atoms with van der Waals surface area (Å²) in [6.07, 6.45) is 0. The van der Waals surface area contributed by atoms with Crippen molar-refractivity contribution < 1.29 is 14.0 Å². The fraction of sp³-hybridized carbons (Fsp3) is 0. The van der Waals surface area contributed by atoms with Crippen LogP contribution in [0.1, 0.15) is 0 Å². The fourth-order valence-electron chi connectivity index (χ4n) is 0.741. The highest BCUT2D eigenvalue weighted by Crippen LogP contribution is 2.52. The van der Waals surface area contributed by atoms with Gasteiger partial charge >= 0.3 is 0 Å². The van der Waals surface area contributed by atoms with Crippen molar-refractivity contribution in [1.29, 1.82) is 0 Å². The van der Waals surface area contributed by atoms with E-state index < -0.39 is 14.7 Å². The Kier molecular flexibility index (Phi) is 2.77. The number of nitro groups is 1. The van der Waals surface area contributed by atoms with Crippen molar-refractivity contribution in [1.82, 2.24) is 0 Å². The van der Waals surface area contributed by atoms with E-state index in [9.17, 15) is 10.1 Å². The first-order valence-corrected chi connectivity index (χ1v) is 5.51. The second-order valence-electron chi connectivity index (χ2n) is 2.23. The third-order valence-corrected chi connectivity index (χ3v) is 2.75. The summed E-state index contributed by atoms with van der Waals surface area (Å²) in [5.41, 5.74) is -0.121. The molecule has 13 heavy (non-hydrogen) atoms. The first-order valence-electron chi connectivity index (χ1n) is 3.13. The molecular formula is C6H6ClNO4S. The lowest BCUT2D eigenvalue weighted by atomic mass is 10.3. The second-order valence-corrected chi connectivity index (χ2v) is 4.95. The summed E-state index contributed by atoms with van der Waals surface area (Å²) in [5.74, 6) is 0. The molecule has 0 fully saturated rings. The van der Waals surface area contributed by atoms with Crippen LogP contribution in [0, 0.1) is 10.1 Å². The number of nitrogens with zero attached hydrogens (tertiary/aromatic N) is 1. The normalized spacial score (nSPS) is 12.5. The molecule has 0 aromatic heterocycles. The van der Waals surface area contributed by atoms with Crippen LogP contribution in [0.4, 0.5) is 5.69 Å². The van der Waals surface area contributed by atoms with Crippen LogP contribution in [0.25, 0.3) is 0 Å². The first kappa shape index (κ1) is 10.3. The number of hydrogen-bond donors (Lipinski definition) is 2. The minimum absolute atomic E-state index is 0.0692. The van der Waals surface area contributed by atoms with Crippen molar-refractivity contribution in [2.45, 2.75) is 4.90 Å². The van der Waals surface area contributed by atoms with E-state index in [-0.39, 0.29) is 10.6 Å². The third-order valence-electron chi connectivity index (χ3n) is 1.35. The van der Waals surface area contributed by atoms with Gasteiger partial charge in [-0.05, 0) is 12.1 Å². The van der Waals surface area contributed by atoms with Crippen molar-refractivity contribution in [3.63, 3.8) is 0 Å². The van der Waals surface area contributed by atoms with Gasteiger partial charge in [0, 0.05) is 22.8 Å². The van der Waals surface area contributed by atoms with Crippen LogP contribution < -0.4 is 0 Å². The van der Waals surface area contributed by atoms with Crippen molar-refractivity contribution in [2.75, 3.05) is 0 Å². The average Bonchev–Trinajstić information content (AvgIpc) is 2.03. The molecular weight excluding hydrogens is 218 g/mol. The van der Waals surface area contributed by atoms with Gasteiger partial charge in [0.25, 0.3) is 5.69 Å². The molecule has 0 amide bonds. The maximum atomic E-state index is 10.2. The quantitative estimate of drug-likeness (QED) is 0.597. The van der Waals surface area contributed by atoms with E-state index in [0.717, 1.165) is 12.1 Å². The Morgan fingerprint density at radius 1 is 1.31 bits per heavy atom. The summed E-state index contributed by atoms with van der Waals surface area (Å²) in [4.78, 5) is 9.71. The number of non-ortho nitro benzene ring substituents is 1. The van der Waals surface area contributed by atoms with E-state index in [1.54, 1.807) is 0 Å². The highest BCUT2D eigenvalue weighted by atomic mass is 35.7. The maximum absolute atomic E-state index is 10.2. The van der Waals surface area contributed by atoms with Crippen molar-refractivity contribution in [3.05, 3.63) is 34.4 Å². The molecule has 1 rings (SSSR count). The molecule has 0 spiro atoms. The molecule has 0 unspecified atom stereocenters. The zero-order chi connectivity index (χ0) is 10.1. The molecule has 2 N–H and O–H groups in total. The largest absolute Gasteiger partial charge is 0.281 e. The molecule has 5 nitrogen and oxygen atoms in total. The molecule has 0 radical (unpaired) electrons. The predicted octanol–water partition coefficient (Wildman–Crippen LogP) is 2.86. The van der Waals surface area contributed by atoms with Gasteiger partial charge in [0.1, 0.15) is 0 Å². The molecule has 1 aromatic rings. The summed E-state index contributed by atoms with van der Waals surface area (Å²) in [6, 6.07) is 4.73. The predicted molar refractivity (Wildman–Crippen MR) is 50.1 cm³/mol. The zero-order valence-electron chi connectivity index (χ0n) is 6.25. The lowest BCUT2D eigenvalue weighted by Gasteiger charge is -2.22.